The van der Waals surface area contributed by atoms with E-state index in [1.807, 2.05) is 53.4 Å². The van der Waals surface area contributed by atoms with Crippen molar-refractivity contribution in [3.63, 3.8) is 0 Å². The molecule has 2 aromatic heterocycles. The quantitative estimate of drug-likeness (QED) is 0.402. The lowest BCUT2D eigenvalue weighted by Gasteiger charge is -2.26. The number of hydrogen-bond acceptors (Lipinski definition) is 5. The number of pyridine rings is 1. The summed E-state index contributed by atoms with van der Waals surface area (Å²) in [4.78, 5) is 38.7. The van der Waals surface area contributed by atoms with Crippen LogP contribution in [0.5, 0.6) is 11.5 Å². The van der Waals surface area contributed by atoms with Crippen molar-refractivity contribution < 1.29 is 14.3 Å². The van der Waals surface area contributed by atoms with Crippen LogP contribution >= 0.6 is 0 Å². The normalized spacial score (nSPS) is 19.7. The number of hydrogen-bond donors (Lipinski definition) is 2. The molecule has 4 heterocycles. The first kappa shape index (κ1) is 23.2. The first-order chi connectivity index (χ1) is 18.0. The molecule has 2 unspecified atom stereocenters. The monoisotopic (exact) mass is 495 g/mol. The fraction of sp³-hybridized carbons (Fsp3) is 0.310. The van der Waals surface area contributed by atoms with E-state index >= 15 is 0 Å². The van der Waals surface area contributed by atoms with Crippen molar-refractivity contribution in [2.75, 3.05) is 13.1 Å². The maximum atomic E-state index is 12.4. The fourth-order valence-electron chi connectivity index (χ4n) is 5.50. The zero-order chi connectivity index (χ0) is 25.4. The smallest absolute Gasteiger partial charge is 0.220 e. The van der Waals surface area contributed by atoms with Crippen LogP contribution in [0, 0.1) is 0 Å². The number of amides is 2. The van der Waals surface area contributed by atoms with Crippen LogP contribution in [-0.4, -0.2) is 44.8 Å². The molecule has 2 atom stereocenters. The number of benzene rings is 2. The summed E-state index contributed by atoms with van der Waals surface area (Å²) in [5.41, 5.74) is 4.52. The Hall–Kier alpha value is -4.20. The standard InChI is InChI=1S/C29H29N5O3/c1-18(35)34-14-4-6-26(34)22-16-24-25(33-29(32-24)23-5-2-3-12-30-23)17-27(22)37-21-9-7-19(8-10-21)20-11-13-31-28(36)15-20/h2-3,5,7-10,12,16-17,20,26H,4,6,11,13-15H2,1H3,(H,31,36)(H,32,33). The van der Waals surface area contributed by atoms with E-state index in [9.17, 15) is 9.59 Å². The maximum Gasteiger partial charge on any atom is 0.220 e. The molecule has 0 aliphatic carbocycles. The van der Waals surface area contributed by atoms with Crippen molar-refractivity contribution in [3.8, 4) is 23.0 Å². The van der Waals surface area contributed by atoms with Crippen LogP contribution in [-0.2, 0) is 9.59 Å². The third kappa shape index (κ3) is 4.67. The van der Waals surface area contributed by atoms with Crippen LogP contribution in [0.4, 0.5) is 0 Å². The minimum Gasteiger partial charge on any atom is -0.457 e. The van der Waals surface area contributed by atoms with Crippen LogP contribution in [0.2, 0.25) is 0 Å². The molecule has 2 aliphatic rings. The molecule has 0 bridgehead atoms. The summed E-state index contributed by atoms with van der Waals surface area (Å²) in [6.45, 7) is 3.07. The minimum atomic E-state index is -0.0569. The Morgan fingerprint density at radius 1 is 1.11 bits per heavy atom. The third-order valence-electron chi connectivity index (χ3n) is 7.36. The second kappa shape index (κ2) is 9.69. The molecule has 0 saturated carbocycles. The lowest BCUT2D eigenvalue weighted by molar-refractivity contribution is -0.129. The summed E-state index contributed by atoms with van der Waals surface area (Å²) in [5.74, 6) is 2.48. The number of likely N-dealkylation sites (tertiary alicyclic amines) is 1. The molecule has 2 aliphatic heterocycles. The number of piperidine rings is 1. The van der Waals surface area contributed by atoms with Gasteiger partial charge in [-0.25, -0.2) is 4.98 Å². The molecule has 4 aromatic rings. The van der Waals surface area contributed by atoms with Crippen LogP contribution in [0.1, 0.15) is 55.7 Å². The van der Waals surface area contributed by atoms with E-state index in [-0.39, 0.29) is 23.8 Å². The van der Waals surface area contributed by atoms with Gasteiger partial charge in [-0.15, -0.1) is 0 Å². The second-order valence-electron chi connectivity index (χ2n) is 9.79. The highest BCUT2D eigenvalue weighted by atomic mass is 16.5. The summed E-state index contributed by atoms with van der Waals surface area (Å²) in [5, 5.41) is 2.89. The molecule has 8 nitrogen and oxygen atoms in total. The highest BCUT2D eigenvalue weighted by Gasteiger charge is 2.31. The van der Waals surface area contributed by atoms with E-state index in [0.29, 0.717) is 30.3 Å². The topological polar surface area (TPSA) is 100 Å². The predicted octanol–water partition coefficient (Wildman–Crippen LogP) is 5.09. The second-order valence-corrected chi connectivity index (χ2v) is 9.79. The highest BCUT2D eigenvalue weighted by Crippen LogP contribution is 2.41. The average Bonchev–Trinajstić information content (AvgIpc) is 3.56. The predicted molar refractivity (Wildman–Crippen MR) is 140 cm³/mol. The summed E-state index contributed by atoms with van der Waals surface area (Å²) in [6.07, 6.45) is 5.03. The van der Waals surface area contributed by atoms with Gasteiger partial charge in [-0.1, -0.05) is 18.2 Å². The molecule has 2 N–H and O–H groups in total. The Kier molecular flexibility index (Phi) is 6.08. The van der Waals surface area contributed by atoms with E-state index in [1.165, 1.54) is 0 Å². The first-order valence-electron chi connectivity index (χ1n) is 12.8. The molecule has 6 rings (SSSR count). The number of ether oxygens (including phenoxy) is 1. The minimum absolute atomic E-state index is 0.0569. The lowest BCUT2D eigenvalue weighted by Crippen LogP contribution is -2.32. The van der Waals surface area contributed by atoms with Gasteiger partial charge in [0.05, 0.1) is 17.1 Å². The molecule has 37 heavy (non-hydrogen) atoms. The van der Waals surface area contributed by atoms with Gasteiger partial charge in [0.2, 0.25) is 11.8 Å². The van der Waals surface area contributed by atoms with E-state index in [2.05, 4.69) is 21.4 Å². The Balaban J connectivity index is 1.36. The Labute approximate surface area is 215 Å². The number of aromatic nitrogens is 3. The van der Waals surface area contributed by atoms with Crippen LogP contribution in [0.3, 0.4) is 0 Å². The van der Waals surface area contributed by atoms with E-state index in [4.69, 9.17) is 9.72 Å². The fourth-order valence-corrected chi connectivity index (χ4v) is 5.50. The van der Waals surface area contributed by atoms with Crippen molar-refractivity contribution in [2.45, 2.75) is 44.6 Å². The number of nitrogens with one attached hydrogen (secondary N) is 2. The molecular formula is C29H29N5O3. The molecule has 2 aromatic carbocycles. The van der Waals surface area contributed by atoms with Gasteiger partial charge >= 0.3 is 0 Å². The van der Waals surface area contributed by atoms with Gasteiger partial charge in [-0.2, -0.15) is 0 Å². The highest BCUT2D eigenvalue weighted by molar-refractivity contribution is 5.82. The van der Waals surface area contributed by atoms with Gasteiger partial charge < -0.3 is 19.9 Å². The Bertz CT molecular complexity index is 1450. The SMILES string of the molecule is CC(=O)N1CCCC1c1cc2[nH]c(-c3ccccn3)nc2cc1Oc1ccc(C2CCNC(=O)C2)cc1. The van der Waals surface area contributed by atoms with Gasteiger partial charge in [-0.3, -0.25) is 14.6 Å². The maximum absolute atomic E-state index is 12.4. The number of carbonyl (C=O) groups is 2. The van der Waals surface area contributed by atoms with Crippen LogP contribution in [0.25, 0.3) is 22.6 Å². The zero-order valence-corrected chi connectivity index (χ0v) is 20.7. The molecule has 2 fully saturated rings. The Morgan fingerprint density at radius 2 is 1.97 bits per heavy atom. The summed E-state index contributed by atoms with van der Waals surface area (Å²) < 4.78 is 6.45. The summed E-state index contributed by atoms with van der Waals surface area (Å²) in [7, 11) is 0. The third-order valence-corrected chi connectivity index (χ3v) is 7.36. The Morgan fingerprint density at radius 3 is 2.73 bits per heavy atom. The molecular weight excluding hydrogens is 466 g/mol. The molecule has 0 spiro atoms. The average molecular weight is 496 g/mol. The van der Waals surface area contributed by atoms with Crippen LogP contribution in [0.15, 0.2) is 60.8 Å². The molecule has 188 valence electrons. The van der Waals surface area contributed by atoms with E-state index in [1.54, 1.807) is 13.1 Å². The number of rotatable bonds is 5. The molecule has 2 saturated heterocycles. The van der Waals surface area contributed by atoms with Gasteiger partial charge in [0, 0.05) is 44.3 Å². The van der Waals surface area contributed by atoms with E-state index in [0.717, 1.165) is 53.7 Å². The first-order valence-corrected chi connectivity index (χ1v) is 12.8. The van der Waals surface area contributed by atoms with E-state index < -0.39 is 0 Å². The van der Waals surface area contributed by atoms with Gasteiger partial charge in [0.15, 0.2) is 5.82 Å². The number of fused-ring (bicyclic) bond motifs is 1. The number of H-pyrrole nitrogens is 1. The summed E-state index contributed by atoms with van der Waals surface area (Å²) >= 11 is 0. The van der Waals surface area contributed by atoms with Gasteiger partial charge in [-0.05, 0) is 61.1 Å². The van der Waals surface area contributed by atoms with Crippen molar-refractivity contribution in [3.05, 3.63) is 71.9 Å². The number of nitrogens with zero attached hydrogens (tertiary/aromatic N) is 3. The van der Waals surface area contributed by atoms with Crippen molar-refractivity contribution >= 4 is 22.8 Å². The lowest BCUT2D eigenvalue weighted by atomic mass is 9.90. The van der Waals surface area contributed by atoms with Crippen molar-refractivity contribution in [1.29, 1.82) is 0 Å². The zero-order valence-electron chi connectivity index (χ0n) is 20.7. The molecule has 0 radical (unpaired) electrons. The number of aromatic amines is 1. The van der Waals surface area contributed by atoms with Gasteiger partial charge in [0.25, 0.3) is 0 Å². The number of carbonyl (C=O) groups excluding carboxylic acids is 2. The number of imidazole rings is 1. The summed E-state index contributed by atoms with van der Waals surface area (Å²) in [6, 6.07) is 17.7. The molecule has 8 heteroatoms. The van der Waals surface area contributed by atoms with Crippen molar-refractivity contribution in [2.24, 2.45) is 0 Å². The van der Waals surface area contributed by atoms with Crippen molar-refractivity contribution in [1.82, 2.24) is 25.2 Å². The molecule has 2 amide bonds. The largest absolute Gasteiger partial charge is 0.457 e. The van der Waals surface area contributed by atoms with Crippen LogP contribution < -0.4 is 10.1 Å². The van der Waals surface area contributed by atoms with Gasteiger partial charge in [0.1, 0.15) is 17.2 Å².